The van der Waals surface area contributed by atoms with Crippen molar-refractivity contribution < 1.29 is 4.79 Å². The molecule has 1 aliphatic rings. The summed E-state index contributed by atoms with van der Waals surface area (Å²) in [6.45, 7) is 2.03. The number of amides is 1. The second-order valence-electron chi connectivity index (χ2n) is 5.89. The number of rotatable bonds is 2. The number of aryl methyl sites for hydroxylation is 1. The predicted octanol–water partition coefficient (Wildman–Crippen LogP) is 4.16. The van der Waals surface area contributed by atoms with Gasteiger partial charge in [0.25, 0.3) is 5.91 Å². The van der Waals surface area contributed by atoms with Crippen LogP contribution < -0.4 is 10.2 Å². The molecule has 24 heavy (non-hydrogen) atoms. The van der Waals surface area contributed by atoms with Crippen molar-refractivity contribution in [1.29, 1.82) is 0 Å². The van der Waals surface area contributed by atoms with Gasteiger partial charge in [-0.2, -0.15) is 0 Å². The Kier molecular flexibility index (Phi) is 3.50. The molecular weight excluding hydrogens is 298 g/mol. The second-order valence-corrected chi connectivity index (χ2v) is 5.89. The minimum absolute atomic E-state index is 0.00300. The van der Waals surface area contributed by atoms with E-state index in [9.17, 15) is 4.79 Å². The second kappa shape index (κ2) is 5.81. The average molecular weight is 315 g/mol. The van der Waals surface area contributed by atoms with Crippen molar-refractivity contribution in [3.05, 3.63) is 89.7 Å². The molecule has 1 aliphatic heterocycles. The number of aromatic nitrogens is 1. The zero-order valence-corrected chi connectivity index (χ0v) is 13.3. The van der Waals surface area contributed by atoms with Crippen LogP contribution in [0.15, 0.2) is 73.1 Å². The predicted molar refractivity (Wildman–Crippen MR) is 95.0 cm³/mol. The van der Waals surface area contributed by atoms with Gasteiger partial charge in [-0.1, -0.05) is 24.3 Å². The van der Waals surface area contributed by atoms with Crippen LogP contribution in [0.3, 0.4) is 0 Å². The maximum Gasteiger partial charge on any atom is 0.262 e. The van der Waals surface area contributed by atoms with Crippen LogP contribution in [-0.4, -0.2) is 10.9 Å². The minimum atomic E-state index is -0.266. The third-order valence-corrected chi connectivity index (χ3v) is 4.23. The quantitative estimate of drug-likeness (QED) is 0.772. The number of hydrogen-bond donors (Lipinski definition) is 1. The van der Waals surface area contributed by atoms with Crippen molar-refractivity contribution in [2.45, 2.75) is 13.1 Å². The van der Waals surface area contributed by atoms with E-state index in [1.165, 1.54) is 0 Å². The van der Waals surface area contributed by atoms with Crippen LogP contribution in [0, 0.1) is 6.92 Å². The third-order valence-electron chi connectivity index (χ3n) is 4.23. The fraction of sp³-hybridized carbons (Fsp3) is 0.100. The van der Waals surface area contributed by atoms with Crippen molar-refractivity contribution in [1.82, 2.24) is 4.98 Å². The van der Waals surface area contributed by atoms with Crippen molar-refractivity contribution in [2.24, 2.45) is 0 Å². The molecule has 118 valence electrons. The van der Waals surface area contributed by atoms with E-state index in [4.69, 9.17) is 0 Å². The van der Waals surface area contributed by atoms with Crippen molar-refractivity contribution in [3.8, 4) is 0 Å². The van der Waals surface area contributed by atoms with E-state index in [1.807, 2.05) is 72.5 Å². The zero-order chi connectivity index (χ0) is 16.5. The monoisotopic (exact) mass is 315 g/mol. The summed E-state index contributed by atoms with van der Waals surface area (Å²) >= 11 is 0. The van der Waals surface area contributed by atoms with E-state index in [1.54, 1.807) is 12.4 Å². The van der Waals surface area contributed by atoms with E-state index in [0.29, 0.717) is 5.56 Å². The Balaban J connectivity index is 1.88. The van der Waals surface area contributed by atoms with E-state index < -0.39 is 0 Å². The molecule has 0 saturated heterocycles. The smallest absolute Gasteiger partial charge is 0.262 e. The Bertz CT molecular complexity index is 892. The number of hydrogen-bond acceptors (Lipinski definition) is 3. The number of benzene rings is 2. The number of anilines is 2. The number of nitrogens with zero attached hydrogens (tertiary/aromatic N) is 2. The fourth-order valence-electron chi connectivity index (χ4n) is 3.08. The fourth-order valence-corrected chi connectivity index (χ4v) is 3.08. The van der Waals surface area contributed by atoms with Gasteiger partial charge < -0.3 is 5.32 Å². The first kappa shape index (κ1) is 14.5. The van der Waals surface area contributed by atoms with Gasteiger partial charge in [0.2, 0.25) is 0 Å². The van der Waals surface area contributed by atoms with E-state index in [-0.39, 0.29) is 12.1 Å². The highest BCUT2D eigenvalue weighted by molar-refractivity contribution is 6.12. The molecule has 0 unspecified atom stereocenters. The molecule has 0 fully saturated rings. The summed E-state index contributed by atoms with van der Waals surface area (Å²) in [5, 5.41) is 3.49. The molecule has 0 spiro atoms. The van der Waals surface area contributed by atoms with Gasteiger partial charge in [0.05, 0.1) is 5.56 Å². The number of para-hydroxylation sites is 1. The Labute approximate surface area is 140 Å². The lowest BCUT2D eigenvalue weighted by atomic mass is 10.0. The van der Waals surface area contributed by atoms with Crippen LogP contribution in [0.25, 0.3) is 0 Å². The SMILES string of the molecule is Cc1cccc(N2C(=O)c3ccccc3N[C@@H]2c2ccncc2)c1. The molecule has 4 heteroatoms. The molecule has 2 heterocycles. The Morgan fingerprint density at radius 3 is 2.58 bits per heavy atom. The number of carbonyl (C=O) groups excluding carboxylic acids is 1. The van der Waals surface area contributed by atoms with Crippen LogP contribution in [0.2, 0.25) is 0 Å². The summed E-state index contributed by atoms with van der Waals surface area (Å²) in [5.41, 5.74) is 4.53. The average Bonchev–Trinajstić information content (AvgIpc) is 2.62. The summed E-state index contributed by atoms with van der Waals surface area (Å²) in [5.74, 6) is -0.00300. The number of pyridine rings is 1. The van der Waals surface area contributed by atoms with Gasteiger partial charge in [0.1, 0.15) is 6.17 Å². The summed E-state index contributed by atoms with van der Waals surface area (Å²) in [6, 6.07) is 19.5. The van der Waals surface area contributed by atoms with Gasteiger partial charge in [-0.3, -0.25) is 14.7 Å². The first-order valence-electron chi connectivity index (χ1n) is 7.90. The van der Waals surface area contributed by atoms with Crippen molar-refractivity contribution >= 4 is 17.3 Å². The highest BCUT2D eigenvalue weighted by atomic mass is 16.2. The molecule has 0 radical (unpaired) electrons. The van der Waals surface area contributed by atoms with E-state index in [2.05, 4.69) is 10.3 Å². The summed E-state index contributed by atoms with van der Waals surface area (Å²) in [7, 11) is 0. The molecule has 3 aromatic rings. The molecular formula is C20H17N3O. The topological polar surface area (TPSA) is 45.2 Å². The summed E-state index contributed by atoms with van der Waals surface area (Å²) < 4.78 is 0. The van der Waals surface area contributed by atoms with Crippen molar-refractivity contribution in [2.75, 3.05) is 10.2 Å². The largest absolute Gasteiger partial charge is 0.360 e. The molecule has 4 nitrogen and oxygen atoms in total. The Morgan fingerprint density at radius 1 is 1.00 bits per heavy atom. The van der Waals surface area contributed by atoms with Crippen LogP contribution in [0.1, 0.15) is 27.7 Å². The first-order chi connectivity index (χ1) is 11.7. The molecule has 0 saturated carbocycles. The molecule has 1 aromatic heterocycles. The van der Waals surface area contributed by atoms with Crippen LogP contribution in [0.5, 0.6) is 0 Å². The van der Waals surface area contributed by atoms with Gasteiger partial charge in [0.15, 0.2) is 0 Å². The molecule has 0 bridgehead atoms. The van der Waals surface area contributed by atoms with Gasteiger partial charge in [-0.05, 0) is 54.4 Å². The van der Waals surface area contributed by atoms with Crippen LogP contribution >= 0.6 is 0 Å². The molecule has 4 rings (SSSR count). The van der Waals surface area contributed by atoms with E-state index in [0.717, 1.165) is 22.5 Å². The zero-order valence-electron chi connectivity index (χ0n) is 13.3. The van der Waals surface area contributed by atoms with Crippen LogP contribution in [-0.2, 0) is 0 Å². The first-order valence-corrected chi connectivity index (χ1v) is 7.90. The van der Waals surface area contributed by atoms with Crippen LogP contribution in [0.4, 0.5) is 11.4 Å². The molecule has 1 N–H and O–H groups in total. The van der Waals surface area contributed by atoms with Gasteiger partial charge in [-0.15, -0.1) is 0 Å². The number of carbonyl (C=O) groups is 1. The normalized spacial score (nSPS) is 16.5. The number of fused-ring (bicyclic) bond motifs is 1. The molecule has 2 aromatic carbocycles. The van der Waals surface area contributed by atoms with Gasteiger partial charge >= 0.3 is 0 Å². The van der Waals surface area contributed by atoms with E-state index >= 15 is 0 Å². The lowest BCUT2D eigenvalue weighted by Gasteiger charge is -2.38. The lowest BCUT2D eigenvalue weighted by Crippen LogP contribution is -2.43. The minimum Gasteiger partial charge on any atom is -0.360 e. The Hall–Kier alpha value is -3.14. The standard InChI is InChI=1S/C20H17N3O/c1-14-5-4-6-16(13-14)23-19(15-9-11-21-12-10-15)22-18-8-3-2-7-17(18)20(23)24/h2-13,19,22H,1H3/t19-/m0/s1. The highest BCUT2D eigenvalue weighted by Crippen LogP contribution is 2.36. The molecule has 1 amide bonds. The summed E-state index contributed by atoms with van der Waals surface area (Å²) in [4.78, 5) is 19.1. The maximum absolute atomic E-state index is 13.2. The van der Waals surface area contributed by atoms with Gasteiger partial charge in [0, 0.05) is 23.8 Å². The van der Waals surface area contributed by atoms with Crippen molar-refractivity contribution in [3.63, 3.8) is 0 Å². The Morgan fingerprint density at radius 2 is 1.79 bits per heavy atom. The lowest BCUT2D eigenvalue weighted by molar-refractivity contribution is 0.0975. The summed E-state index contributed by atoms with van der Waals surface area (Å²) in [6.07, 6.45) is 3.23. The molecule has 0 aliphatic carbocycles. The number of nitrogens with one attached hydrogen (secondary N) is 1. The van der Waals surface area contributed by atoms with Gasteiger partial charge in [-0.25, -0.2) is 0 Å². The third kappa shape index (κ3) is 2.42. The highest BCUT2D eigenvalue weighted by Gasteiger charge is 2.33. The maximum atomic E-state index is 13.2. The molecule has 1 atom stereocenters.